The van der Waals surface area contributed by atoms with Crippen LogP contribution in [0, 0.1) is 6.92 Å². The van der Waals surface area contributed by atoms with Gasteiger partial charge >= 0.3 is 0 Å². The summed E-state index contributed by atoms with van der Waals surface area (Å²) < 4.78 is 17.8. The monoisotopic (exact) mass is 316 g/mol. The number of hydrogen-bond donors (Lipinski definition) is 0. The Balaban J connectivity index is 1.96. The first-order valence-corrected chi connectivity index (χ1v) is 9.02. The second-order valence-corrected chi connectivity index (χ2v) is 6.70. The first-order valence-electron chi connectivity index (χ1n) is 7.94. The Kier molecular flexibility index (Phi) is 6.66. The third-order valence-corrected chi connectivity index (χ3v) is 4.59. The normalized spacial score (nSPS) is 12.1. The summed E-state index contributed by atoms with van der Waals surface area (Å²) >= 11 is -1.46. The second kappa shape index (κ2) is 8.74. The van der Waals surface area contributed by atoms with Gasteiger partial charge in [0.15, 0.2) is 0 Å². The van der Waals surface area contributed by atoms with Gasteiger partial charge in [0.2, 0.25) is 11.1 Å². The summed E-state index contributed by atoms with van der Waals surface area (Å²) in [6.07, 6.45) is 6.00. The van der Waals surface area contributed by atoms with E-state index in [1.165, 1.54) is 31.2 Å². The molecule has 2 aromatic carbocycles. The molecule has 2 rings (SSSR count). The van der Waals surface area contributed by atoms with Gasteiger partial charge in [-0.3, -0.25) is 0 Å². The highest BCUT2D eigenvalue weighted by molar-refractivity contribution is 7.80. The lowest BCUT2D eigenvalue weighted by Crippen LogP contribution is -2.01. The van der Waals surface area contributed by atoms with Crippen molar-refractivity contribution in [2.24, 2.45) is 0 Å². The average Bonchev–Trinajstić information content (AvgIpc) is 2.54. The molecule has 0 heterocycles. The topological polar surface area (TPSA) is 26.3 Å². The van der Waals surface area contributed by atoms with Crippen molar-refractivity contribution in [2.45, 2.75) is 50.8 Å². The van der Waals surface area contributed by atoms with Crippen LogP contribution >= 0.6 is 0 Å². The Labute approximate surface area is 136 Å². The van der Waals surface area contributed by atoms with Crippen molar-refractivity contribution in [3.8, 4) is 5.75 Å². The van der Waals surface area contributed by atoms with Crippen molar-refractivity contribution >= 4 is 11.1 Å². The largest absolute Gasteiger partial charge is 0.397 e. The Morgan fingerprint density at radius 1 is 1.00 bits per heavy atom. The zero-order valence-electron chi connectivity index (χ0n) is 13.4. The van der Waals surface area contributed by atoms with Crippen LogP contribution in [0.5, 0.6) is 5.75 Å². The summed E-state index contributed by atoms with van der Waals surface area (Å²) in [6.45, 7) is 4.23. The van der Waals surface area contributed by atoms with Crippen LogP contribution in [0.2, 0.25) is 0 Å². The quantitative estimate of drug-likeness (QED) is 0.624. The van der Waals surface area contributed by atoms with Crippen molar-refractivity contribution in [1.29, 1.82) is 0 Å². The van der Waals surface area contributed by atoms with E-state index in [0.29, 0.717) is 5.75 Å². The third kappa shape index (κ3) is 5.30. The molecule has 0 N–H and O–H groups in total. The Morgan fingerprint density at radius 2 is 1.77 bits per heavy atom. The Morgan fingerprint density at radius 3 is 2.50 bits per heavy atom. The lowest BCUT2D eigenvalue weighted by Gasteiger charge is -2.07. The molecule has 0 aliphatic carbocycles. The highest BCUT2D eigenvalue weighted by atomic mass is 32.2. The average molecular weight is 316 g/mol. The van der Waals surface area contributed by atoms with Gasteiger partial charge in [0.05, 0.1) is 4.90 Å². The van der Waals surface area contributed by atoms with Crippen LogP contribution in [0.15, 0.2) is 53.4 Å². The molecule has 22 heavy (non-hydrogen) atoms. The number of unbranched alkanes of at least 4 members (excludes halogenated alkanes) is 3. The zero-order valence-corrected chi connectivity index (χ0v) is 14.2. The first kappa shape index (κ1) is 16.8. The van der Waals surface area contributed by atoms with E-state index in [1.54, 1.807) is 0 Å². The molecule has 2 nitrogen and oxygen atoms in total. The molecule has 1 atom stereocenters. The fourth-order valence-electron chi connectivity index (χ4n) is 2.29. The van der Waals surface area contributed by atoms with Crippen molar-refractivity contribution in [3.63, 3.8) is 0 Å². The molecule has 0 fully saturated rings. The van der Waals surface area contributed by atoms with Gasteiger partial charge in [-0.1, -0.05) is 56.0 Å². The summed E-state index contributed by atoms with van der Waals surface area (Å²) in [5.74, 6) is 0.636. The van der Waals surface area contributed by atoms with Crippen molar-refractivity contribution in [3.05, 3.63) is 59.7 Å². The van der Waals surface area contributed by atoms with Gasteiger partial charge in [-0.2, -0.15) is 0 Å². The fraction of sp³-hybridized carbons (Fsp3) is 0.368. The summed E-state index contributed by atoms with van der Waals surface area (Å²) in [5, 5.41) is 0. The van der Waals surface area contributed by atoms with E-state index in [0.717, 1.165) is 16.9 Å². The van der Waals surface area contributed by atoms with E-state index in [4.69, 9.17) is 4.18 Å². The lowest BCUT2D eigenvalue weighted by atomic mass is 10.1. The SMILES string of the molecule is CCCCCCc1cccc(S(=O)Oc2ccc(C)cc2)c1. The van der Waals surface area contributed by atoms with E-state index < -0.39 is 11.1 Å². The first-order chi connectivity index (χ1) is 10.7. The van der Waals surface area contributed by atoms with Gasteiger partial charge < -0.3 is 4.18 Å². The lowest BCUT2D eigenvalue weighted by molar-refractivity contribution is 0.561. The summed E-state index contributed by atoms with van der Waals surface area (Å²) in [7, 11) is 0. The molecule has 3 heteroatoms. The van der Waals surface area contributed by atoms with Crippen LogP contribution in [-0.4, -0.2) is 4.21 Å². The van der Waals surface area contributed by atoms with Gasteiger partial charge in [-0.05, 0) is 49.6 Å². The second-order valence-electron chi connectivity index (χ2n) is 5.59. The molecule has 0 bridgehead atoms. The minimum absolute atomic E-state index is 0.636. The number of aryl methyl sites for hydroxylation is 2. The Bertz CT molecular complexity index is 605. The van der Waals surface area contributed by atoms with Crippen molar-refractivity contribution in [2.75, 3.05) is 0 Å². The predicted octanol–water partition coefficient (Wildman–Crippen LogP) is 5.22. The van der Waals surface area contributed by atoms with E-state index >= 15 is 0 Å². The van der Waals surface area contributed by atoms with Crippen LogP contribution in [0.25, 0.3) is 0 Å². The van der Waals surface area contributed by atoms with E-state index in [1.807, 2.05) is 49.4 Å². The van der Waals surface area contributed by atoms with Gasteiger partial charge in [0, 0.05) is 0 Å². The minimum Gasteiger partial charge on any atom is -0.397 e. The number of hydrogen-bond acceptors (Lipinski definition) is 2. The molecule has 118 valence electrons. The van der Waals surface area contributed by atoms with Crippen molar-refractivity contribution < 1.29 is 8.39 Å². The summed E-state index contributed by atoms with van der Waals surface area (Å²) in [5.41, 5.74) is 2.39. The highest BCUT2D eigenvalue weighted by Crippen LogP contribution is 2.18. The molecule has 0 aliphatic heterocycles. The molecule has 0 aromatic heterocycles. The zero-order chi connectivity index (χ0) is 15.8. The molecule has 0 aliphatic rings. The number of rotatable bonds is 8. The van der Waals surface area contributed by atoms with Gasteiger partial charge in [-0.25, -0.2) is 4.21 Å². The van der Waals surface area contributed by atoms with Gasteiger partial charge in [0.25, 0.3) is 0 Å². The maximum Gasteiger partial charge on any atom is 0.240 e. The predicted molar refractivity (Wildman–Crippen MR) is 92.5 cm³/mol. The minimum atomic E-state index is -1.46. The molecule has 0 saturated heterocycles. The maximum atomic E-state index is 12.3. The smallest absolute Gasteiger partial charge is 0.240 e. The Hall–Kier alpha value is -1.61. The van der Waals surface area contributed by atoms with E-state index in [9.17, 15) is 4.21 Å². The number of benzene rings is 2. The molecular formula is C19H24O2S. The van der Waals surface area contributed by atoms with Crippen molar-refractivity contribution in [1.82, 2.24) is 0 Å². The summed E-state index contributed by atoms with van der Waals surface area (Å²) in [6, 6.07) is 15.5. The van der Waals surface area contributed by atoms with E-state index in [-0.39, 0.29) is 0 Å². The fourth-order valence-corrected chi connectivity index (χ4v) is 3.11. The molecule has 2 aromatic rings. The van der Waals surface area contributed by atoms with Crippen LogP contribution in [-0.2, 0) is 17.5 Å². The highest BCUT2D eigenvalue weighted by Gasteiger charge is 2.07. The molecule has 1 unspecified atom stereocenters. The van der Waals surface area contributed by atoms with Gasteiger partial charge in [-0.15, -0.1) is 0 Å². The molecule has 0 radical (unpaired) electrons. The summed E-state index contributed by atoms with van der Waals surface area (Å²) in [4.78, 5) is 0.730. The van der Waals surface area contributed by atoms with Crippen LogP contribution < -0.4 is 4.18 Å². The molecule has 0 spiro atoms. The van der Waals surface area contributed by atoms with E-state index in [2.05, 4.69) is 13.0 Å². The maximum absolute atomic E-state index is 12.3. The van der Waals surface area contributed by atoms with Crippen LogP contribution in [0.3, 0.4) is 0 Å². The standard InChI is InChI=1S/C19H24O2S/c1-3-4-5-6-8-17-9-7-10-19(15-17)22(20)21-18-13-11-16(2)12-14-18/h7,9-15H,3-6,8H2,1-2H3. The molecule has 0 saturated carbocycles. The van der Waals surface area contributed by atoms with Crippen LogP contribution in [0.1, 0.15) is 43.7 Å². The molecular weight excluding hydrogens is 292 g/mol. The van der Waals surface area contributed by atoms with Crippen LogP contribution in [0.4, 0.5) is 0 Å². The van der Waals surface area contributed by atoms with Gasteiger partial charge in [0.1, 0.15) is 5.75 Å². The molecule has 0 amide bonds. The third-order valence-electron chi connectivity index (χ3n) is 3.60.